The molecule has 4 rings (SSSR count). The maximum atomic E-state index is 12.8. The molecule has 0 spiro atoms. The van der Waals surface area contributed by atoms with E-state index in [1.54, 1.807) is 0 Å². The second-order valence-corrected chi connectivity index (χ2v) is 8.37. The summed E-state index contributed by atoms with van der Waals surface area (Å²) < 4.78 is 72.4. The summed E-state index contributed by atoms with van der Waals surface area (Å²) in [6.45, 7) is 0. The maximum absolute atomic E-state index is 12.8. The number of hydrogen-bond acceptors (Lipinski definition) is 7. The molecule has 13 heteroatoms. The van der Waals surface area contributed by atoms with Crippen LogP contribution in [0.15, 0.2) is 70.9 Å². The van der Waals surface area contributed by atoms with Gasteiger partial charge < -0.3 is 4.74 Å². The molecule has 0 saturated heterocycles. The van der Waals surface area contributed by atoms with Crippen LogP contribution in [-0.2, 0) is 16.2 Å². The van der Waals surface area contributed by atoms with Gasteiger partial charge in [-0.1, -0.05) is 0 Å². The van der Waals surface area contributed by atoms with Gasteiger partial charge in [-0.25, -0.2) is 18.4 Å². The summed E-state index contributed by atoms with van der Waals surface area (Å²) in [4.78, 5) is 24.0. The number of nitrogens with zero attached hydrogens (tertiary/aromatic N) is 4. The topological polar surface area (TPSA) is 116 Å². The van der Waals surface area contributed by atoms with E-state index in [4.69, 9.17) is 4.74 Å². The van der Waals surface area contributed by atoms with Crippen LogP contribution in [0.4, 0.5) is 18.9 Å². The summed E-state index contributed by atoms with van der Waals surface area (Å²) in [5, 5.41) is 0. The number of alkyl halides is 3. The van der Waals surface area contributed by atoms with Crippen molar-refractivity contribution >= 4 is 21.4 Å². The van der Waals surface area contributed by atoms with Crippen molar-refractivity contribution in [3.05, 3.63) is 77.1 Å². The second-order valence-electron chi connectivity index (χ2n) is 6.69. The number of rotatable bonds is 5. The van der Waals surface area contributed by atoms with Crippen LogP contribution in [0, 0.1) is 0 Å². The van der Waals surface area contributed by atoms with Crippen molar-refractivity contribution in [2.75, 3.05) is 11.8 Å². The van der Waals surface area contributed by atoms with Gasteiger partial charge in [0, 0.05) is 30.2 Å². The van der Waals surface area contributed by atoms with Crippen LogP contribution in [-0.4, -0.2) is 34.9 Å². The quantitative estimate of drug-likeness (QED) is 0.470. The van der Waals surface area contributed by atoms with E-state index >= 15 is 0 Å². The van der Waals surface area contributed by atoms with Crippen LogP contribution in [0.2, 0.25) is 0 Å². The number of aromatic nitrogens is 4. The van der Waals surface area contributed by atoms with Gasteiger partial charge in [-0.05, 0) is 30.3 Å². The SMILES string of the molecule is COc1ncc(-c2cn3c(=O)ccnc3cn2)cc1NS(=O)(=O)c1ccc(C(F)(F)F)cc1. The fraction of sp³-hybridized carbons (Fsp3) is 0.100. The largest absolute Gasteiger partial charge is 0.480 e. The van der Waals surface area contributed by atoms with Gasteiger partial charge in [0.2, 0.25) is 5.88 Å². The molecule has 0 aliphatic rings. The lowest BCUT2D eigenvalue weighted by atomic mass is 10.2. The molecule has 9 nitrogen and oxygen atoms in total. The van der Waals surface area contributed by atoms with Crippen molar-refractivity contribution in [2.45, 2.75) is 11.1 Å². The van der Waals surface area contributed by atoms with Gasteiger partial charge in [-0.2, -0.15) is 13.2 Å². The minimum atomic E-state index is -4.60. The number of hydrogen-bond donors (Lipinski definition) is 1. The second kappa shape index (κ2) is 8.16. The number of halogens is 3. The Bertz CT molecular complexity index is 1500. The van der Waals surface area contributed by atoms with Crippen LogP contribution in [0.3, 0.4) is 0 Å². The van der Waals surface area contributed by atoms with Gasteiger partial charge in [0.25, 0.3) is 15.6 Å². The summed E-state index contributed by atoms with van der Waals surface area (Å²) in [5.74, 6) is -0.0751. The lowest BCUT2D eigenvalue weighted by Gasteiger charge is -2.13. The average Bonchev–Trinajstić information content (AvgIpc) is 2.78. The fourth-order valence-electron chi connectivity index (χ4n) is 2.94. The van der Waals surface area contributed by atoms with Crippen molar-refractivity contribution in [2.24, 2.45) is 0 Å². The monoisotopic (exact) mass is 477 g/mol. The Morgan fingerprint density at radius 3 is 2.42 bits per heavy atom. The molecule has 0 aliphatic carbocycles. The van der Waals surface area contributed by atoms with Crippen LogP contribution >= 0.6 is 0 Å². The highest BCUT2D eigenvalue weighted by Crippen LogP contribution is 2.32. The Morgan fingerprint density at radius 2 is 1.76 bits per heavy atom. The standard InChI is InChI=1S/C20H14F3N5O4S/c1-32-19-15(27-33(30,31)14-4-2-13(3-5-14)20(21,22)23)8-12(9-26-19)16-11-28-17(10-25-16)24-7-6-18(28)29/h2-11,27H,1H3. The van der Waals surface area contributed by atoms with E-state index in [0.29, 0.717) is 29.0 Å². The van der Waals surface area contributed by atoms with Crippen molar-refractivity contribution in [3.8, 4) is 17.1 Å². The Labute approximate surface area is 184 Å². The molecule has 4 aromatic rings. The number of nitrogens with one attached hydrogen (secondary N) is 1. The first-order valence-corrected chi connectivity index (χ1v) is 10.6. The summed E-state index contributed by atoms with van der Waals surface area (Å²) in [6, 6.07) is 5.69. The molecule has 0 aliphatic heterocycles. The first kappa shape index (κ1) is 22.2. The lowest BCUT2D eigenvalue weighted by Crippen LogP contribution is -2.15. The van der Waals surface area contributed by atoms with Crippen LogP contribution in [0.5, 0.6) is 5.88 Å². The molecular weight excluding hydrogens is 463 g/mol. The maximum Gasteiger partial charge on any atom is 0.416 e. The molecule has 0 atom stereocenters. The van der Waals surface area contributed by atoms with Crippen LogP contribution in [0.1, 0.15) is 5.56 Å². The number of benzene rings is 1. The highest BCUT2D eigenvalue weighted by Gasteiger charge is 2.30. The lowest BCUT2D eigenvalue weighted by molar-refractivity contribution is -0.137. The molecule has 0 amide bonds. The Kier molecular flexibility index (Phi) is 5.49. The normalized spacial score (nSPS) is 12.0. The zero-order chi connectivity index (χ0) is 23.8. The van der Waals surface area contributed by atoms with Crippen LogP contribution < -0.4 is 15.0 Å². The van der Waals surface area contributed by atoms with Crippen molar-refractivity contribution < 1.29 is 26.3 Å². The van der Waals surface area contributed by atoms with Crippen molar-refractivity contribution in [1.29, 1.82) is 0 Å². The molecule has 0 unspecified atom stereocenters. The van der Waals surface area contributed by atoms with Crippen molar-refractivity contribution in [3.63, 3.8) is 0 Å². The third kappa shape index (κ3) is 4.48. The summed E-state index contributed by atoms with van der Waals surface area (Å²) in [7, 11) is -3.00. The molecule has 0 bridgehead atoms. The number of methoxy groups -OCH3 is 1. The third-order valence-electron chi connectivity index (χ3n) is 4.56. The third-order valence-corrected chi connectivity index (χ3v) is 5.94. The molecule has 33 heavy (non-hydrogen) atoms. The minimum Gasteiger partial charge on any atom is -0.480 e. The molecular formula is C20H14F3N5O4S. The molecule has 0 fully saturated rings. The average molecular weight is 477 g/mol. The summed E-state index contributed by atoms with van der Waals surface area (Å²) in [5.41, 5.74) is -0.435. The zero-order valence-corrected chi connectivity index (χ0v) is 17.6. The molecule has 0 radical (unpaired) electrons. The highest BCUT2D eigenvalue weighted by atomic mass is 32.2. The zero-order valence-electron chi connectivity index (χ0n) is 16.7. The van der Waals surface area contributed by atoms with Gasteiger partial charge in [-0.15, -0.1) is 0 Å². The summed E-state index contributed by atoms with van der Waals surface area (Å²) in [6.07, 6.45) is 0.906. The Balaban J connectivity index is 1.72. The van der Waals surface area contributed by atoms with Gasteiger partial charge in [-0.3, -0.25) is 18.9 Å². The first-order valence-electron chi connectivity index (χ1n) is 9.16. The van der Waals surface area contributed by atoms with E-state index in [2.05, 4.69) is 19.7 Å². The van der Waals surface area contributed by atoms with E-state index < -0.39 is 21.8 Å². The Hall–Kier alpha value is -4.00. The van der Waals surface area contributed by atoms with E-state index in [1.807, 2.05) is 0 Å². The highest BCUT2D eigenvalue weighted by molar-refractivity contribution is 7.92. The van der Waals surface area contributed by atoms with E-state index in [1.165, 1.54) is 48.4 Å². The van der Waals surface area contributed by atoms with E-state index in [9.17, 15) is 26.4 Å². The molecule has 3 heterocycles. The predicted molar refractivity (Wildman–Crippen MR) is 111 cm³/mol. The molecule has 170 valence electrons. The van der Waals surface area contributed by atoms with Gasteiger partial charge in [0.1, 0.15) is 5.69 Å². The van der Waals surface area contributed by atoms with E-state index in [0.717, 1.165) is 12.1 Å². The smallest absolute Gasteiger partial charge is 0.416 e. The van der Waals surface area contributed by atoms with Gasteiger partial charge in [0.15, 0.2) is 5.65 Å². The molecule has 1 N–H and O–H groups in total. The minimum absolute atomic E-state index is 0.0738. The molecule has 0 saturated carbocycles. The van der Waals surface area contributed by atoms with Crippen molar-refractivity contribution in [1.82, 2.24) is 19.4 Å². The number of ether oxygens (including phenoxy) is 1. The fourth-order valence-corrected chi connectivity index (χ4v) is 3.99. The van der Waals surface area contributed by atoms with Crippen LogP contribution in [0.25, 0.3) is 16.9 Å². The van der Waals surface area contributed by atoms with Gasteiger partial charge in [0.05, 0.1) is 29.5 Å². The number of fused-ring (bicyclic) bond motifs is 1. The molecule has 1 aromatic carbocycles. The first-order chi connectivity index (χ1) is 15.6. The number of anilines is 1. The number of sulfonamides is 1. The summed E-state index contributed by atoms with van der Waals surface area (Å²) >= 11 is 0. The van der Waals surface area contributed by atoms with Gasteiger partial charge >= 0.3 is 6.18 Å². The predicted octanol–water partition coefficient (Wildman–Crippen LogP) is 2.98. The Morgan fingerprint density at radius 1 is 1.03 bits per heavy atom. The number of pyridine rings is 1. The van der Waals surface area contributed by atoms with E-state index in [-0.39, 0.29) is 22.0 Å². The molecule has 3 aromatic heterocycles.